The van der Waals surface area contributed by atoms with E-state index in [1.54, 1.807) is 11.3 Å². The summed E-state index contributed by atoms with van der Waals surface area (Å²) in [5, 5.41) is 6.33. The molecule has 1 aromatic heterocycles. The fourth-order valence-corrected chi connectivity index (χ4v) is 4.02. The molecule has 4 rings (SSSR count). The van der Waals surface area contributed by atoms with Gasteiger partial charge >= 0.3 is 6.03 Å². The van der Waals surface area contributed by atoms with Gasteiger partial charge in [-0.3, -0.25) is 10.2 Å². The van der Waals surface area contributed by atoms with Crippen LogP contribution < -0.4 is 10.6 Å². The summed E-state index contributed by atoms with van der Waals surface area (Å²) in [5.41, 5.74) is 3.15. The molecule has 0 atom stereocenters. The van der Waals surface area contributed by atoms with Gasteiger partial charge in [-0.2, -0.15) is 0 Å². The summed E-state index contributed by atoms with van der Waals surface area (Å²) < 4.78 is 0. The minimum absolute atomic E-state index is 0.261. The van der Waals surface area contributed by atoms with Crippen LogP contribution in [0.2, 0.25) is 0 Å². The molecule has 0 unspecified atom stereocenters. The van der Waals surface area contributed by atoms with Crippen molar-refractivity contribution in [3.8, 4) is 0 Å². The number of nitrogens with one attached hydrogen (secondary N) is 2. The number of hydrogen-bond donors (Lipinski definition) is 2. The zero-order valence-corrected chi connectivity index (χ0v) is 15.1. The molecule has 0 fully saturated rings. The third-order valence-corrected chi connectivity index (χ3v) is 5.38. The second kappa shape index (κ2) is 7.68. The molecule has 2 amide bonds. The lowest BCUT2D eigenvalue weighted by molar-refractivity contribution is 0.244. The van der Waals surface area contributed by atoms with Crippen molar-refractivity contribution in [2.75, 3.05) is 17.2 Å². The first-order valence-corrected chi connectivity index (χ1v) is 9.46. The second-order valence-corrected chi connectivity index (χ2v) is 7.36. The smallest absolute Gasteiger partial charge is 0.308 e. The molecule has 2 heterocycles. The summed E-state index contributed by atoms with van der Waals surface area (Å²) in [6, 6.07) is 19.6. The second-order valence-electron chi connectivity index (χ2n) is 6.28. The van der Waals surface area contributed by atoms with Gasteiger partial charge in [-0.05, 0) is 24.1 Å². The largest absolute Gasteiger partial charge is 0.325 e. The monoisotopic (exact) mass is 364 g/mol. The minimum atomic E-state index is -0.261. The normalized spacial score (nSPS) is 13.8. The summed E-state index contributed by atoms with van der Waals surface area (Å²) in [6.45, 7) is 2.76. The third kappa shape index (κ3) is 4.09. The van der Waals surface area contributed by atoms with Crippen LogP contribution in [0.15, 0.2) is 60.7 Å². The number of anilines is 2. The van der Waals surface area contributed by atoms with Crippen LogP contribution in [0, 0.1) is 0 Å². The van der Waals surface area contributed by atoms with E-state index >= 15 is 0 Å². The molecule has 5 nitrogen and oxygen atoms in total. The van der Waals surface area contributed by atoms with Gasteiger partial charge in [-0.1, -0.05) is 48.5 Å². The van der Waals surface area contributed by atoms with Gasteiger partial charge in [0.25, 0.3) is 0 Å². The van der Waals surface area contributed by atoms with Crippen molar-refractivity contribution in [3.63, 3.8) is 0 Å². The molecule has 0 radical (unpaired) electrons. The number of benzene rings is 2. The maximum absolute atomic E-state index is 12.1. The number of carbonyl (C=O) groups excluding carboxylic acids is 1. The molecular formula is C20H20N4OS. The van der Waals surface area contributed by atoms with Gasteiger partial charge in [0.05, 0.1) is 5.69 Å². The molecule has 0 saturated heterocycles. The van der Waals surface area contributed by atoms with Crippen LogP contribution in [0.3, 0.4) is 0 Å². The molecule has 1 aliphatic rings. The Kier molecular flexibility index (Phi) is 4.95. The highest BCUT2D eigenvalue weighted by molar-refractivity contribution is 7.15. The van der Waals surface area contributed by atoms with Crippen LogP contribution in [0.5, 0.6) is 0 Å². The molecule has 132 valence electrons. The quantitative estimate of drug-likeness (QED) is 0.724. The van der Waals surface area contributed by atoms with Crippen molar-refractivity contribution < 1.29 is 4.79 Å². The van der Waals surface area contributed by atoms with Crippen LogP contribution >= 0.6 is 11.3 Å². The number of aromatic nitrogens is 1. The van der Waals surface area contributed by atoms with E-state index in [4.69, 9.17) is 0 Å². The Labute approximate surface area is 156 Å². The number of nitrogens with zero attached hydrogens (tertiary/aromatic N) is 2. The Bertz CT molecular complexity index is 879. The lowest BCUT2D eigenvalue weighted by Gasteiger charge is -2.25. The van der Waals surface area contributed by atoms with Gasteiger partial charge in [-0.15, -0.1) is 11.3 Å². The van der Waals surface area contributed by atoms with Crippen LogP contribution in [0.1, 0.15) is 16.1 Å². The SMILES string of the molecule is O=C(Nc1ccccc1)Nc1nc2c(s1)CCN(Cc1ccccc1)C2. The summed E-state index contributed by atoms with van der Waals surface area (Å²) in [6.07, 6.45) is 0.974. The Morgan fingerprint density at radius 1 is 1.04 bits per heavy atom. The first kappa shape index (κ1) is 16.8. The number of amides is 2. The fraction of sp³-hybridized carbons (Fsp3) is 0.200. The highest BCUT2D eigenvalue weighted by atomic mass is 32.1. The highest BCUT2D eigenvalue weighted by Gasteiger charge is 2.21. The van der Waals surface area contributed by atoms with Crippen LogP contribution in [-0.2, 0) is 19.5 Å². The first-order valence-electron chi connectivity index (χ1n) is 8.64. The van der Waals surface area contributed by atoms with Crippen molar-refractivity contribution >= 4 is 28.2 Å². The molecule has 2 aromatic carbocycles. The van der Waals surface area contributed by atoms with Crippen molar-refractivity contribution in [2.24, 2.45) is 0 Å². The Hall–Kier alpha value is -2.70. The maximum atomic E-state index is 12.1. The summed E-state index contributed by atoms with van der Waals surface area (Å²) >= 11 is 1.57. The lowest BCUT2D eigenvalue weighted by Crippen LogP contribution is -2.29. The zero-order chi connectivity index (χ0) is 17.8. The number of fused-ring (bicyclic) bond motifs is 1. The summed E-state index contributed by atoms with van der Waals surface area (Å²) in [7, 11) is 0. The zero-order valence-electron chi connectivity index (χ0n) is 14.3. The van der Waals surface area contributed by atoms with Gasteiger partial charge < -0.3 is 5.32 Å². The molecule has 0 saturated carbocycles. The first-order chi connectivity index (χ1) is 12.8. The minimum Gasteiger partial charge on any atom is -0.308 e. The van der Waals surface area contributed by atoms with E-state index in [0.29, 0.717) is 5.13 Å². The molecule has 1 aliphatic heterocycles. The molecule has 0 spiro atoms. The summed E-state index contributed by atoms with van der Waals surface area (Å²) in [4.78, 5) is 20.4. The van der Waals surface area contributed by atoms with Crippen molar-refractivity contribution in [1.82, 2.24) is 9.88 Å². The van der Waals surface area contributed by atoms with Gasteiger partial charge in [0.2, 0.25) is 0 Å². The van der Waals surface area contributed by atoms with Crippen LogP contribution in [0.4, 0.5) is 15.6 Å². The Morgan fingerprint density at radius 2 is 1.77 bits per heavy atom. The van der Waals surface area contributed by atoms with E-state index in [9.17, 15) is 4.79 Å². The topological polar surface area (TPSA) is 57.3 Å². The van der Waals surface area contributed by atoms with E-state index in [0.717, 1.165) is 37.4 Å². The molecule has 3 aromatic rings. The summed E-state index contributed by atoms with van der Waals surface area (Å²) in [5.74, 6) is 0. The number of rotatable bonds is 4. The Balaban J connectivity index is 1.37. The van der Waals surface area contributed by atoms with E-state index < -0.39 is 0 Å². The van der Waals surface area contributed by atoms with Gasteiger partial charge in [0, 0.05) is 30.2 Å². The van der Waals surface area contributed by atoms with Gasteiger partial charge in [0.15, 0.2) is 5.13 Å². The van der Waals surface area contributed by atoms with Gasteiger partial charge in [-0.25, -0.2) is 9.78 Å². The van der Waals surface area contributed by atoms with E-state index in [2.05, 4.69) is 44.8 Å². The molecule has 0 bridgehead atoms. The average molecular weight is 364 g/mol. The number of para-hydroxylation sites is 1. The van der Waals surface area contributed by atoms with Gasteiger partial charge in [0.1, 0.15) is 0 Å². The van der Waals surface area contributed by atoms with Crippen molar-refractivity contribution in [1.29, 1.82) is 0 Å². The third-order valence-electron chi connectivity index (χ3n) is 4.31. The molecular weight excluding hydrogens is 344 g/mol. The maximum Gasteiger partial charge on any atom is 0.325 e. The Morgan fingerprint density at radius 3 is 2.54 bits per heavy atom. The van der Waals surface area contributed by atoms with E-state index in [-0.39, 0.29) is 6.03 Å². The highest BCUT2D eigenvalue weighted by Crippen LogP contribution is 2.29. The number of thiazole rings is 1. The number of urea groups is 1. The lowest BCUT2D eigenvalue weighted by atomic mass is 10.1. The predicted molar refractivity (Wildman–Crippen MR) is 105 cm³/mol. The standard InChI is InChI=1S/C20H20N4OS/c25-19(21-16-9-5-2-6-10-16)23-20-22-17-14-24(12-11-18(17)26-20)13-15-7-3-1-4-8-15/h1-10H,11-14H2,(H2,21,22,23,25). The van der Waals surface area contributed by atoms with E-state index in [1.165, 1.54) is 10.4 Å². The van der Waals surface area contributed by atoms with Crippen LogP contribution in [-0.4, -0.2) is 22.5 Å². The van der Waals surface area contributed by atoms with Crippen molar-refractivity contribution in [2.45, 2.75) is 19.5 Å². The molecule has 2 N–H and O–H groups in total. The van der Waals surface area contributed by atoms with E-state index in [1.807, 2.05) is 36.4 Å². The van der Waals surface area contributed by atoms with Crippen LogP contribution in [0.25, 0.3) is 0 Å². The number of carbonyl (C=O) groups is 1. The molecule has 26 heavy (non-hydrogen) atoms. The molecule has 6 heteroatoms. The predicted octanol–water partition coefficient (Wildman–Crippen LogP) is 4.35. The fourth-order valence-electron chi connectivity index (χ4n) is 3.06. The average Bonchev–Trinajstić information content (AvgIpc) is 3.04. The number of hydrogen-bond acceptors (Lipinski definition) is 4. The molecule has 0 aliphatic carbocycles. The van der Waals surface area contributed by atoms with Crippen molar-refractivity contribution in [3.05, 3.63) is 76.8 Å².